The third-order valence-corrected chi connectivity index (χ3v) is 2.98. The zero-order valence-corrected chi connectivity index (χ0v) is 10.4. The van der Waals surface area contributed by atoms with Crippen LogP contribution in [0.15, 0.2) is 36.5 Å². The van der Waals surface area contributed by atoms with E-state index in [0.29, 0.717) is 12.2 Å². The van der Waals surface area contributed by atoms with E-state index in [4.69, 9.17) is 4.74 Å². The predicted molar refractivity (Wildman–Crippen MR) is 69.0 cm³/mol. The lowest BCUT2D eigenvalue weighted by molar-refractivity contribution is 0.277. The lowest BCUT2D eigenvalue weighted by Crippen LogP contribution is -1.96. The first kappa shape index (κ1) is 12.4. The van der Waals surface area contributed by atoms with Crippen molar-refractivity contribution in [3.05, 3.63) is 42.2 Å². The Morgan fingerprint density at radius 2 is 2.33 bits per heavy atom. The standard InChI is InChI=1S/C14H16N2O2/c1-18-14(10-17)8-3-2-5-12-6-4-7-13-9-15-11-16(12)13/h4,6-7,9,11H,2-3,5,8H2,1H3. The molecule has 2 heterocycles. The first-order valence-electron chi connectivity index (χ1n) is 6.03. The Bertz CT molecular complexity index is 568. The minimum atomic E-state index is 0.399. The van der Waals surface area contributed by atoms with Crippen molar-refractivity contribution in [2.75, 3.05) is 7.11 Å². The Labute approximate surface area is 106 Å². The van der Waals surface area contributed by atoms with Crippen LogP contribution in [0.5, 0.6) is 0 Å². The molecule has 18 heavy (non-hydrogen) atoms. The van der Waals surface area contributed by atoms with E-state index in [1.165, 1.54) is 12.8 Å². The Morgan fingerprint density at radius 3 is 3.11 bits per heavy atom. The molecule has 4 nitrogen and oxygen atoms in total. The second-order valence-corrected chi connectivity index (χ2v) is 4.14. The van der Waals surface area contributed by atoms with Crippen molar-refractivity contribution in [2.45, 2.75) is 25.7 Å². The zero-order valence-electron chi connectivity index (χ0n) is 10.4. The lowest BCUT2D eigenvalue weighted by Gasteiger charge is -2.05. The van der Waals surface area contributed by atoms with Crippen molar-refractivity contribution in [3.8, 4) is 0 Å². The molecule has 0 N–H and O–H groups in total. The average molecular weight is 244 g/mol. The van der Waals surface area contributed by atoms with Gasteiger partial charge in [0, 0.05) is 12.1 Å². The second kappa shape index (κ2) is 6.03. The Balaban J connectivity index is 1.91. The second-order valence-electron chi connectivity index (χ2n) is 4.14. The molecular weight excluding hydrogens is 228 g/mol. The third-order valence-electron chi connectivity index (χ3n) is 2.98. The van der Waals surface area contributed by atoms with Crippen molar-refractivity contribution in [3.63, 3.8) is 0 Å². The third kappa shape index (κ3) is 2.79. The normalized spacial score (nSPS) is 10.3. The number of hydrogen-bond acceptors (Lipinski definition) is 3. The predicted octanol–water partition coefficient (Wildman–Crippen LogP) is 2.41. The van der Waals surface area contributed by atoms with Crippen LogP contribution in [-0.2, 0) is 16.0 Å². The average Bonchev–Trinajstić information content (AvgIpc) is 2.88. The number of pyridine rings is 1. The highest BCUT2D eigenvalue weighted by molar-refractivity contribution is 5.49. The van der Waals surface area contributed by atoms with Crippen LogP contribution in [0.25, 0.3) is 5.52 Å². The van der Waals surface area contributed by atoms with Gasteiger partial charge in [-0.2, -0.15) is 0 Å². The molecule has 0 aliphatic carbocycles. The van der Waals surface area contributed by atoms with Crippen LogP contribution in [0.2, 0.25) is 0 Å². The maximum atomic E-state index is 10.4. The highest BCUT2D eigenvalue weighted by atomic mass is 16.5. The number of aryl methyl sites for hydroxylation is 1. The van der Waals surface area contributed by atoms with Crippen molar-refractivity contribution in [1.82, 2.24) is 9.38 Å². The van der Waals surface area contributed by atoms with E-state index in [0.717, 1.165) is 24.8 Å². The number of fused-ring (bicyclic) bond motifs is 1. The topological polar surface area (TPSA) is 43.6 Å². The van der Waals surface area contributed by atoms with Crippen LogP contribution in [0.1, 0.15) is 25.0 Å². The Kier molecular flexibility index (Phi) is 4.15. The summed E-state index contributed by atoms with van der Waals surface area (Å²) in [7, 11) is 1.51. The number of hydrogen-bond donors (Lipinski definition) is 0. The van der Waals surface area contributed by atoms with Gasteiger partial charge in [0.15, 0.2) is 11.7 Å². The number of rotatable bonds is 6. The highest BCUT2D eigenvalue weighted by Crippen LogP contribution is 2.12. The number of allylic oxidation sites excluding steroid dienone is 1. The molecule has 0 radical (unpaired) electrons. The van der Waals surface area contributed by atoms with Crippen molar-refractivity contribution < 1.29 is 9.53 Å². The summed E-state index contributed by atoms with van der Waals surface area (Å²) in [6.07, 6.45) is 7.22. The van der Waals surface area contributed by atoms with Gasteiger partial charge in [-0.05, 0) is 31.4 Å². The minimum Gasteiger partial charge on any atom is -0.490 e. The van der Waals surface area contributed by atoms with Crippen LogP contribution in [-0.4, -0.2) is 22.4 Å². The molecule has 2 rings (SSSR count). The summed E-state index contributed by atoms with van der Waals surface area (Å²) in [5.74, 6) is 2.20. The molecular formula is C14H16N2O2. The quantitative estimate of drug-likeness (QED) is 0.445. The van der Waals surface area contributed by atoms with Crippen LogP contribution in [0, 0.1) is 0 Å². The van der Waals surface area contributed by atoms with Gasteiger partial charge in [-0.1, -0.05) is 6.07 Å². The largest absolute Gasteiger partial charge is 0.490 e. The minimum absolute atomic E-state index is 0.399. The zero-order chi connectivity index (χ0) is 12.8. The summed E-state index contributed by atoms with van der Waals surface area (Å²) in [5.41, 5.74) is 2.34. The molecule has 0 unspecified atom stereocenters. The molecule has 0 fully saturated rings. The molecule has 0 spiro atoms. The van der Waals surface area contributed by atoms with E-state index in [-0.39, 0.29) is 0 Å². The van der Waals surface area contributed by atoms with E-state index >= 15 is 0 Å². The summed E-state index contributed by atoms with van der Waals surface area (Å²) >= 11 is 0. The van der Waals surface area contributed by atoms with Crippen molar-refractivity contribution >= 4 is 11.5 Å². The summed E-state index contributed by atoms with van der Waals surface area (Å²) in [6, 6.07) is 6.17. The molecule has 4 heteroatoms. The van der Waals surface area contributed by atoms with E-state index in [2.05, 4.69) is 15.5 Å². The Hall–Kier alpha value is -2.06. The fraction of sp³-hybridized carbons (Fsp3) is 0.357. The summed E-state index contributed by atoms with van der Waals surface area (Å²) in [4.78, 5) is 14.6. The first-order chi connectivity index (χ1) is 8.85. The van der Waals surface area contributed by atoms with E-state index < -0.39 is 0 Å². The van der Waals surface area contributed by atoms with Crippen molar-refractivity contribution in [2.24, 2.45) is 0 Å². The van der Waals surface area contributed by atoms with Gasteiger partial charge in [-0.3, -0.25) is 0 Å². The number of ether oxygens (including phenoxy) is 1. The molecule has 0 aliphatic rings. The van der Waals surface area contributed by atoms with Crippen LogP contribution < -0.4 is 0 Å². The highest BCUT2D eigenvalue weighted by Gasteiger charge is 2.01. The molecule has 2 aromatic rings. The maximum Gasteiger partial charge on any atom is 0.179 e. The number of methoxy groups -OCH3 is 1. The molecule has 2 aromatic heterocycles. The van der Waals surface area contributed by atoms with Gasteiger partial charge in [0.2, 0.25) is 0 Å². The van der Waals surface area contributed by atoms with Gasteiger partial charge in [0.1, 0.15) is 0 Å². The van der Waals surface area contributed by atoms with E-state index in [1.807, 2.05) is 24.7 Å². The van der Waals surface area contributed by atoms with Crippen LogP contribution >= 0.6 is 0 Å². The Morgan fingerprint density at radius 1 is 1.44 bits per heavy atom. The van der Waals surface area contributed by atoms with E-state index in [1.54, 1.807) is 5.94 Å². The monoisotopic (exact) mass is 244 g/mol. The summed E-state index contributed by atoms with van der Waals surface area (Å²) in [5, 5.41) is 0. The van der Waals surface area contributed by atoms with Crippen molar-refractivity contribution in [1.29, 1.82) is 0 Å². The molecule has 0 bridgehead atoms. The smallest absolute Gasteiger partial charge is 0.179 e. The van der Waals surface area contributed by atoms with Crippen LogP contribution in [0.4, 0.5) is 0 Å². The lowest BCUT2D eigenvalue weighted by atomic mass is 10.1. The summed E-state index contributed by atoms with van der Waals surface area (Å²) < 4.78 is 6.98. The first-order valence-corrected chi connectivity index (χ1v) is 6.03. The number of imidazole rings is 1. The number of aromatic nitrogens is 2. The van der Waals surface area contributed by atoms with Gasteiger partial charge in [-0.25, -0.2) is 9.78 Å². The van der Waals surface area contributed by atoms with Gasteiger partial charge in [0.05, 0.1) is 25.2 Å². The molecule has 0 amide bonds. The van der Waals surface area contributed by atoms with E-state index in [9.17, 15) is 4.79 Å². The fourth-order valence-corrected chi connectivity index (χ4v) is 2.00. The fourth-order valence-electron chi connectivity index (χ4n) is 2.00. The SMILES string of the molecule is COC(=C=O)CCCCc1cccc2cncn12. The van der Waals surface area contributed by atoms with Gasteiger partial charge < -0.3 is 9.14 Å². The van der Waals surface area contributed by atoms with Gasteiger partial charge >= 0.3 is 0 Å². The summed E-state index contributed by atoms with van der Waals surface area (Å²) in [6.45, 7) is 0. The van der Waals surface area contributed by atoms with Crippen LogP contribution in [0.3, 0.4) is 0 Å². The number of carbonyl (C=O) groups excluding carboxylic acids is 1. The molecule has 0 saturated heterocycles. The molecule has 0 atom stereocenters. The maximum absolute atomic E-state index is 10.4. The number of nitrogens with zero attached hydrogens (tertiary/aromatic N) is 2. The van der Waals surface area contributed by atoms with Gasteiger partial charge in [0.25, 0.3) is 0 Å². The number of unbranched alkanes of at least 4 members (excludes halogenated alkanes) is 1. The molecule has 94 valence electrons. The molecule has 0 aromatic carbocycles. The van der Waals surface area contributed by atoms with Gasteiger partial charge in [-0.15, -0.1) is 0 Å². The molecule has 0 aliphatic heterocycles. The molecule has 0 saturated carbocycles.